The molecule has 0 spiro atoms. The number of nitrogens with one attached hydrogen (secondary N) is 1. The molecule has 2 aromatic heterocycles. The van der Waals surface area contributed by atoms with Gasteiger partial charge in [-0.05, 0) is 63.3 Å². The predicted molar refractivity (Wildman–Crippen MR) is 117 cm³/mol. The third-order valence-corrected chi connectivity index (χ3v) is 6.52. The van der Waals surface area contributed by atoms with Crippen molar-refractivity contribution in [1.29, 1.82) is 0 Å². The molecular weight excluding hydrogens is 421 g/mol. The van der Waals surface area contributed by atoms with Gasteiger partial charge >= 0.3 is 5.97 Å². The maximum Gasteiger partial charge on any atom is 0.341 e. The minimum atomic E-state index is -0.734. The molecule has 0 saturated heterocycles. The van der Waals surface area contributed by atoms with E-state index in [1.54, 1.807) is 6.92 Å². The Labute approximate surface area is 181 Å². The summed E-state index contributed by atoms with van der Waals surface area (Å²) in [4.78, 5) is 39.6. The SMILES string of the molecule is CCOC(=O)c1c(NC(=O)c2nn(CC)c3ccc(F)cc3c2=O)sc2c1CCCC2. The van der Waals surface area contributed by atoms with Gasteiger partial charge in [0.15, 0.2) is 5.69 Å². The van der Waals surface area contributed by atoms with Crippen molar-refractivity contribution < 1.29 is 18.7 Å². The third-order valence-electron chi connectivity index (χ3n) is 5.31. The lowest BCUT2D eigenvalue weighted by Crippen LogP contribution is -2.27. The summed E-state index contributed by atoms with van der Waals surface area (Å²) < 4.78 is 20.4. The van der Waals surface area contributed by atoms with Gasteiger partial charge in [0, 0.05) is 11.4 Å². The highest BCUT2D eigenvalue weighted by atomic mass is 32.1. The van der Waals surface area contributed by atoms with Gasteiger partial charge in [-0.25, -0.2) is 9.18 Å². The number of ether oxygens (including phenoxy) is 1. The number of carbonyl (C=O) groups is 2. The van der Waals surface area contributed by atoms with Crippen LogP contribution in [0.5, 0.6) is 0 Å². The maximum atomic E-state index is 13.8. The zero-order valence-corrected chi connectivity index (χ0v) is 18.1. The Morgan fingerprint density at radius 2 is 2.03 bits per heavy atom. The van der Waals surface area contributed by atoms with E-state index in [2.05, 4.69) is 10.4 Å². The second-order valence-corrected chi connectivity index (χ2v) is 8.35. The van der Waals surface area contributed by atoms with Crippen LogP contribution in [-0.2, 0) is 24.1 Å². The normalized spacial score (nSPS) is 13.1. The molecule has 1 aromatic carbocycles. The zero-order chi connectivity index (χ0) is 22.1. The van der Waals surface area contributed by atoms with Gasteiger partial charge in [-0.1, -0.05) is 0 Å². The first-order valence-electron chi connectivity index (χ1n) is 10.3. The van der Waals surface area contributed by atoms with Gasteiger partial charge in [0.25, 0.3) is 5.91 Å². The number of hydrogen-bond acceptors (Lipinski definition) is 6. The fourth-order valence-electron chi connectivity index (χ4n) is 3.89. The molecule has 1 N–H and O–H groups in total. The first kappa shape index (κ1) is 21.2. The van der Waals surface area contributed by atoms with Crippen molar-refractivity contribution in [3.05, 3.63) is 55.9 Å². The van der Waals surface area contributed by atoms with E-state index in [4.69, 9.17) is 4.74 Å². The lowest BCUT2D eigenvalue weighted by Gasteiger charge is -2.12. The Bertz CT molecular complexity index is 1250. The van der Waals surface area contributed by atoms with Crippen LogP contribution in [0.4, 0.5) is 9.39 Å². The molecule has 0 unspecified atom stereocenters. The van der Waals surface area contributed by atoms with Gasteiger partial charge in [0.05, 0.1) is 23.1 Å². The number of nitrogens with zero attached hydrogens (tertiary/aromatic N) is 2. The second kappa shape index (κ2) is 8.58. The van der Waals surface area contributed by atoms with Crippen molar-refractivity contribution in [3.63, 3.8) is 0 Å². The Morgan fingerprint density at radius 3 is 2.77 bits per heavy atom. The summed E-state index contributed by atoms with van der Waals surface area (Å²) in [6.07, 6.45) is 3.55. The molecule has 0 saturated carbocycles. The second-order valence-electron chi connectivity index (χ2n) is 7.24. The Balaban J connectivity index is 1.78. The lowest BCUT2D eigenvalue weighted by atomic mass is 9.95. The van der Waals surface area contributed by atoms with E-state index >= 15 is 0 Å². The molecule has 0 bridgehead atoms. The number of benzene rings is 1. The molecule has 1 aliphatic carbocycles. The fourth-order valence-corrected chi connectivity index (χ4v) is 5.16. The van der Waals surface area contributed by atoms with Crippen LogP contribution in [0.15, 0.2) is 23.0 Å². The molecule has 0 radical (unpaired) electrons. The van der Waals surface area contributed by atoms with Crippen molar-refractivity contribution >= 4 is 39.1 Å². The highest BCUT2D eigenvalue weighted by molar-refractivity contribution is 7.17. The molecule has 1 amide bonds. The number of hydrogen-bond donors (Lipinski definition) is 1. The van der Waals surface area contributed by atoms with Gasteiger partial charge in [-0.15, -0.1) is 11.3 Å². The van der Waals surface area contributed by atoms with Crippen LogP contribution >= 0.6 is 11.3 Å². The third kappa shape index (κ3) is 3.85. The van der Waals surface area contributed by atoms with Crippen LogP contribution in [0.2, 0.25) is 0 Å². The molecule has 31 heavy (non-hydrogen) atoms. The Hall–Kier alpha value is -3.07. The first-order chi connectivity index (χ1) is 14.9. The van der Waals surface area contributed by atoms with Gasteiger partial charge in [-0.2, -0.15) is 5.10 Å². The summed E-state index contributed by atoms with van der Waals surface area (Å²) in [5.41, 5.74) is 0.711. The van der Waals surface area contributed by atoms with Crippen LogP contribution < -0.4 is 10.7 Å². The van der Waals surface area contributed by atoms with Crippen LogP contribution in [-0.4, -0.2) is 28.3 Å². The van der Waals surface area contributed by atoms with Crippen molar-refractivity contribution in [3.8, 4) is 0 Å². The van der Waals surface area contributed by atoms with E-state index < -0.39 is 23.1 Å². The summed E-state index contributed by atoms with van der Waals surface area (Å²) in [7, 11) is 0. The minimum absolute atomic E-state index is 0.0816. The first-order valence-corrected chi connectivity index (χ1v) is 11.1. The molecule has 2 heterocycles. The standard InChI is InChI=1S/C22H22FN3O4S/c1-3-26-15-10-9-12(23)11-14(15)19(27)18(25-26)20(28)24-21-17(22(29)30-4-2)13-7-5-6-8-16(13)31-21/h9-11H,3-8H2,1-2H3,(H,24,28). The average Bonchev–Trinajstić information content (AvgIpc) is 3.12. The molecule has 3 aromatic rings. The van der Waals surface area contributed by atoms with E-state index in [-0.39, 0.29) is 17.7 Å². The molecule has 162 valence electrons. The molecule has 4 rings (SSSR count). The number of amides is 1. The van der Waals surface area contributed by atoms with Gasteiger partial charge in [0.2, 0.25) is 5.43 Å². The number of thiophene rings is 1. The molecule has 9 heteroatoms. The van der Waals surface area contributed by atoms with Crippen LogP contribution in [0, 0.1) is 5.82 Å². The number of carbonyl (C=O) groups excluding carboxylic acids is 2. The van der Waals surface area contributed by atoms with Gasteiger partial charge in [-0.3, -0.25) is 14.3 Å². The molecular formula is C22H22FN3O4S. The number of halogens is 1. The Morgan fingerprint density at radius 1 is 1.26 bits per heavy atom. The number of anilines is 1. The monoisotopic (exact) mass is 443 g/mol. The number of esters is 1. The van der Waals surface area contributed by atoms with Crippen molar-refractivity contribution in [2.75, 3.05) is 11.9 Å². The maximum absolute atomic E-state index is 13.8. The number of aromatic nitrogens is 2. The van der Waals surface area contributed by atoms with Crippen LogP contribution in [0.1, 0.15) is 58.0 Å². The van der Waals surface area contributed by atoms with Crippen molar-refractivity contribution in [2.24, 2.45) is 0 Å². The van der Waals surface area contributed by atoms with Crippen LogP contribution in [0.3, 0.4) is 0 Å². The summed E-state index contributed by atoms with van der Waals surface area (Å²) in [5, 5.41) is 7.34. The number of aryl methyl sites for hydroxylation is 2. The van der Waals surface area contributed by atoms with Gasteiger partial charge < -0.3 is 10.1 Å². The largest absolute Gasteiger partial charge is 0.462 e. The molecule has 0 atom stereocenters. The van der Waals surface area contributed by atoms with Crippen molar-refractivity contribution in [1.82, 2.24) is 9.78 Å². The number of fused-ring (bicyclic) bond motifs is 2. The molecule has 0 aliphatic heterocycles. The quantitative estimate of drug-likeness (QED) is 0.604. The fraction of sp³-hybridized carbons (Fsp3) is 0.364. The van der Waals surface area contributed by atoms with E-state index in [0.717, 1.165) is 42.2 Å². The minimum Gasteiger partial charge on any atom is -0.462 e. The highest BCUT2D eigenvalue weighted by Crippen LogP contribution is 2.38. The van der Waals surface area contributed by atoms with Crippen LogP contribution in [0.25, 0.3) is 10.9 Å². The molecule has 1 aliphatic rings. The van der Waals surface area contributed by atoms with E-state index in [1.165, 1.54) is 28.2 Å². The van der Waals surface area contributed by atoms with Gasteiger partial charge in [0.1, 0.15) is 10.8 Å². The summed E-state index contributed by atoms with van der Waals surface area (Å²) >= 11 is 1.33. The van der Waals surface area contributed by atoms with Crippen molar-refractivity contribution in [2.45, 2.75) is 46.1 Å². The van der Waals surface area contributed by atoms with E-state index in [0.29, 0.717) is 22.6 Å². The predicted octanol–water partition coefficient (Wildman–Crippen LogP) is 3.92. The number of rotatable bonds is 5. The smallest absolute Gasteiger partial charge is 0.341 e. The topological polar surface area (TPSA) is 90.3 Å². The lowest BCUT2D eigenvalue weighted by molar-refractivity contribution is 0.0526. The summed E-state index contributed by atoms with van der Waals surface area (Å²) in [5.74, 6) is -1.79. The highest BCUT2D eigenvalue weighted by Gasteiger charge is 2.28. The average molecular weight is 444 g/mol. The zero-order valence-electron chi connectivity index (χ0n) is 17.3. The van der Waals surface area contributed by atoms with E-state index in [1.807, 2.05) is 6.92 Å². The van der Waals surface area contributed by atoms with E-state index in [9.17, 15) is 18.8 Å². The Kier molecular flexibility index (Phi) is 5.86. The summed E-state index contributed by atoms with van der Waals surface area (Å²) in [6.45, 7) is 4.15. The molecule has 7 nitrogen and oxygen atoms in total. The molecule has 0 fully saturated rings. The summed E-state index contributed by atoms with van der Waals surface area (Å²) in [6, 6.07) is 3.82.